The number of anilines is 1. The first-order valence-corrected chi connectivity index (χ1v) is 11.6. The smallest absolute Gasteiger partial charge is 0.339 e. The van der Waals surface area contributed by atoms with Gasteiger partial charge in [-0.15, -0.1) is 11.3 Å². The van der Waals surface area contributed by atoms with Crippen LogP contribution < -0.4 is 5.32 Å². The number of carbonyl (C=O) groups is 2. The predicted molar refractivity (Wildman–Crippen MR) is 121 cm³/mol. The van der Waals surface area contributed by atoms with E-state index >= 15 is 0 Å². The van der Waals surface area contributed by atoms with E-state index < -0.39 is 21.9 Å². The van der Waals surface area contributed by atoms with Crippen molar-refractivity contribution >= 4 is 44.1 Å². The van der Waals surface area contributed by atoms with Crippen LogP contribution in [0.3, 0.4) is 0 Å². The molecule has 0 bridgehead atoms. The number of aliphatic hydroxyl groups is 1. The maximum atomic E-state index is 12.5. The fourth-order valence-electron chi connectivity index (χ4n) is 2.91. The van der Waals surface area contributed by atoms with Crippen LogP contribution in [0.4, 0.5) is 5.13 Å². The molecule has 2 aromatic carbocycles. The molecule has 0 fully saturated rings. The van der Waals surface area contributed by atoms with E-state index in [1.807, 2.05) is 6.92 Å². The van der Waals surface area contributed by atoms with E-state index in [1.165, 1.54) is 42.6 Å². The van der Waals surface area contributed by atoms with Crippen molar-refractivity contribution < 1.29 is 33.3 Å². The second kappa shape index (κ2) is 9.30. The highest BCUT2D eigenvalue weighted by atomic mass is 32.2. The van der Waals surface area contributed by atoms with Gasteiger partial charge in [-0.3, -0.25) is 14.4 Å². The molecule has 1 amide bonds. The number of aromatic nitrogens is 1. The summed E-state index contributed by atoms with van der Waals surface area (Å²) in [6.07, 6.45) is 1.59. The van der Waals surface area contributed by atoms with Crippen molar-refractivity contribution in [3.63, 3.8) is 0 Å². The predicted octanol–water partition coefficient (Wildman–Crippen LogP) is 3.04. The molecule has 1 aliphatic rings. The first-order chi connectivity index (χ1) is 15.5. The monoisotopic (exact) mass is 489 g/mol. The number of hydrogen-bond donors (Lipinski definition) is 4. The Morgan fingerprint density at radius 1 is 1.06 bits per heavy atom. The molecule has 0 saturated carbocycles. The molecule has 0 spiro atoms. The SMILES string of the molecule is Cc1cnc(NC(=O)C2=C(O)c3ccccc3S(=O)(=O)N2C)s1.O=C(O)c1ccccc1O. The summed E-state index contributed by atoms with van der Waals surface area (Å²) >= 11 is 1.25. The van der Waals surface area contributed by atoms with E-state index in [0.717, 1.165) is 9.18 Å². The van der Waals surface area contributed by atoms with Crippen molar-refractivity contribution in [1.82, 2.24) is 9.29 Å². The van der Waals surface area contributed by atoms with Crippen LogP contribution in [0.25, 0.3) is 5.76 Å². The molecule has 4 N–H and O–H groups in total. The highest BCUT2D eigenvalue weighted by molar-refractivity contribution is 7.89. The first kappa shape index (κ1) is 23.8. The van der Waals surface area contributed by atoms with Crippen molar-refractivity contribution in [2.24, 2.45) is 0 Å². The van der Waals surface area contributed by atoms with Crippen molar-refractivity contribution in [2.45, 2.75) is 11.8 Å². The third-order valence-corrected chi connectivity index (χ3v) is 7.15. The Labute approximate surface area is 193 Å². The van der Waals surface area contributed by atoms with E-state index in [4.69, 9.17) is 10.2 Å². The topological polar surface area (TPSA) is 157 Å². The molecule has 2 heterocycles. The fourth-order valence-corrected chi connectivity index (χ4v) is 4.96. The van der Waals surface area contributed by atoms with Crippen molar-refractivity contribution in [3.05, 3.63) is 76.4 Å². The number of nitrogens with zero attached hydrogens (tertiary/aromatic N) is 2. The zero-order valence-electron chi connectivity index (χ0n) is 17.4. The summed E-state index contributed by atoms with van der Waals surface area (Å²) in [6, 6.07) is 11.8. The van der Waals surface area contributed by atoms with Gasteiger partial charge in [0, 0.05) is 23.7 Å². The lowest BCUT2D eigenvalue weighted by atomic mass is 10.1. The molecule has 3 aromatic rings. The van der Waals surface area contributed by atoms with Crippen LogP contribution in [0.1, 0.15) is 20.8 Å². The van der Waals surface area contributed by atoms with E-state index in [0.29, 0.717) is 5.13 Å². The van der Waals surface area contributed by atoms with Gasteiger partial charge in [-0.05, 0) is 31.2 Å². The Bertz CT molecular complexity index is 1360. The van der Waals surface area contributed by atoms with Gasteiger partial charge in [0.2, 0.25) is 0 Å². The molecular formula is C21H19N3O7S2. The summed E-state index contributed by atoms with van der Waals surface area (Å²) in [4.78, 5) is 27.5. The number of carboxylic acids is 1. The third-order valence-electron chi connectivity index (χ3n) is 4.51. The van der Waals surface area contributed by atoms with Crippen LogP contribution in [-0.4, -0.2) is 52.0 Å². The van der Waals surface area contributed by atoms with Crippen LogP contribution in [0, 0.1) is 6.92 Å². The molecule has 12 heteroatoms. The minimum atomic E-state index is -3.90. The molecule has 1 aliphatic heterocycles. The number of benzene rings is 2. The van der Waals surface area contributed by atoms with Gasteiger partial charge in [-0.1, -0.05) is 24.3 Å². The normalized spacial score (nSPS) is 14.1. The van der Waals surface area contributed by atoms with Gasteiger partial charge in [-0.2, -0.15) is 0 Å². The maximum Gasteiger partial charge on any atom is 0.339 e. The zero-order chi connectivity index (χ0) is 24.3. The highest BCUT2D eigenvalue weighted by Gasteiger charge is 2.37. The minimum Gasteiger partial charge on any atom is -0.507 e. The summed E-state index contributed by atoms with van der Waals surface area (Å²) in [5.74, 6) is -2.44. The van der Waals surface area contributed by atoms with Gasteiger partial charge in [-0.25, -0.2) is 18.2 Å². The molecule has 10 nitrogen and oxygen atoms in total. The number of fused-ring (bicyclic) bond motifs is 1. The maximum absolute atomic E-state index is 12.5. The molecule has 0 atom stereocenters. The molecule has 0 aliphatic carbocycles. The molecule has 4 rings (SSSR count). The van der Waals surface area contributed by atoms with Crippen LogP contribution in [0.2, 0.25) is 0 Å². The number of aromatic hydroxyl groups is 1. The number of phenols is 1. The summed E-state index contributed by atoms with van der Waals surface area (Å²) in [6.45, 7) is 1.83. The summed E-state index contributed by atoms with van der Waals surface area (Å²) in [5, 5.41) is 30.5. The van der Waals surface area contributed by atoms with Crippen molar-refractivity contribution in [3.8, 4) is 5.75 Å². The molecule has 172 valence electrons. The average Bonchev–Trinajstić information content (AvgIpc) is 3.18. The van der Waals surface area contributed by atoms with E-state index in [2.05, 4.69) is 10.3 Å². The second-order valence-corrected chi connectivity index (χ2v) is 9.89. The quantitative estimate of drug-likeness (QED) is 0.437. The number of aromatic carboxylic acids is 1. The van der Waals surface area contributed by atoms with Gasteiger partial charge in [0.25, 0.3) is 15.9 Å². The lowest BCUT2D eigenvalue weighted by Crippen LogP contribution is -2.37. The summed E-state index contributed by atoms with van der Waals surface area (Å²) < 4.78 is 25.8. The number of sulfonamides is 1. The van der Waals surface area contributed by atoms with E-state index in [1.54, 1.807) is 30.5 Å². The Morgan fingerprint density at radius 2 is 1.70 bits per heavy atom. The summed E-state index contributed by atoms with van der Waals surface area (Å²) in [5.41, 5.74) is -0.301. The largest absolute Gasteiger partial charge is 0.507 e. The fraction of sp³-hybridized carbons (Fsp3) is 0.0952. The van der Waals surface area contributed by atoms with Gasteiger partial charge in [0.05, 0.1) is 4.90 Å². The average molecular weight is 490 g/mol. The lowest BCUT2D eigenvalue weighted by Gasteiger charge is -2.28. The molecule has 0 saturated heterocycles. The van der Waals surface area contributed by atoms with Crippen LogP contribution in [0.15, 0.2) is 65.3 Å². The lowest BCUT2D eigenvalue weighted by molar-refractivity contribution is -0.113. The molecule has 33 heavy (non-hydrogen) atoms. The Kier molecular flexibility index (Phi) is 6.70. The van der Waals surface area contributed by atoms with E-state index in [-0.39, 0.29) is 33.2 Å². The molecule has 0 unspecified atom stereocenters. The number of amides is 1. The van der Waals surface area contributed by atoms with Crippen molar-refractivity contribution in [2.75, 3.05) is 12.4 Å². The summed E-state index contributed by atoms with van der Waals surface area (Å²) in [7, 11) is -2.67. The van der Waals surface area contributed by atoms with Gasteiger partial charge >= 0.3 is 5.97 Å². The molecule has 0 radical (unpaired) electrons. The molecular weight excluding hydrogens is 470 g/mol. The van der Waals surface area contributed by atoms with Crippen LogP contribution in [0.5, 0.6) is 5.75 Å². The third kappa shape index (κ3) is 4.81. The molecule has 1 aromatic heterocycles. The number of aliphatic hydroxyl groups excluding tert-OH is 1. The highest BCUT2D eigenvalue weighted by Crippen LogP contribution is 2.34. The number of carboxylic acid groups (broad SMARTS) is 1. The number of likely N-dealkylation sites (N-methyl/N-ethyl adjacent to an activating group) is 1. The number of thiazole rings is 1. The Morgan fingerprint density at radius 3 is 2.27 bits per heavy atom. The minimum absolute atomic E-state index is 0.0401. The number of rotatable bonds is 3. The number of carbonyl (C=O) groups excluding carboxylic acids is 1. The standard InChI is InChI=1S/C14H13N3O4S2.C7H6O3/c1-8-7-15-14(22-8)16-13(19)11-12(18)9-5-3-4-6-10(9)23(20,21)17(11)2;8-6-4-2-1-3-5(6)7(9)10/h3-7,18H,1-2H3,(H,15,16,19);1-4,8H,(H,9,10). The van der Waals surface area contributed by atoms with Crippen molar-refractivity contribution in [1.29, 1.82) is 0 Å². The van der Waals surface area contributed by atoms with Gasteiger partial charge in [0.1, 0.15) is 11.3 Å². The van der Waals surface area contributed by atoms with E-state index in [9.17, 15) is 23.1 Å². The number of aryl methyl sites for hydroxylation is 1. The van der Waals surface area contributed by atoms with Gasteiger partial charge in [0.15, 0.2) is 16.6 Å². The van der Waals surface area contributed by atoms with Crippen LogP contribution >= 0.6 is 11.3 Å². The number of hydrogen-bond acceptors (Lipinski definition) is 8. The number of para-hydroxylation sites is 1. The zero-order valence-corrected chi connectivity index (χ0v) is 19.0. The second-order valence-electron chi connectivity index (χ2n) is 6.72. The Balaban J connectivity index is 0.000000257. The Hall–Kier alpha value is -3.90. The van der Waals surface area contributed by atoms with Crippen LogP contribution in [-0.2, 0) is 14.8 Å². The van der Waals surface area contributed by atoms with Gasteiger partial charge < -0.3 is 15.3 Å². The number of nitrogens with one attached hydrogen (secondary N) is 1. The first-order valence-electron chi connectivity index (χ1n) is 9.30.